The molecule has 0 fully saturated rings. The molecular formula is C30H18O2. The first kappa shape index (κ1) is 17.4. The molecule has 0 N–H and O–H groups in total. The van der Waals surface area contributed by atoms with Crippen LogP contribution in [0.15, 0.2) is 118 Å². The van der Waals surface area contributed by atoms with Crippen molar-refractivity contribution >= 4 is 43.9 Å². The lowest BCUT2D eigenvalue weighted by atomic mass is 9.98. The number of para-hydroxylation sites is 4. The fraction of sp³-hybridized carbons (Fsp3) is 0. The van der Waals surface area contributed by atoms with Crippen LogP contribution in [0.2, 0.25) is 0 Å². The van der Waals surface area contributed by atoms with Crippen molar-refractivity contribution in [3.8, 4) is 22.3 Å². The van der Waals surface area contributed by atoms with Crippen LogP contribution in [0, 0.1) is 0 Å². The van der Waals surface area contributed by atoms with Crippen LogP contribution in [0.4, 0.5) is 0 Å². The SMILES string of the molecule is c1ccc2c(c1)oc1c(-c3ccc(-c4cccc5c4oc4ccccc45)cc3)cccc12. The van der Waals surface area contributed by atoms with Gasteiger partial charge in [0.25, 0.3) is 0 Å². The summed E-state index contributed by atoms with van der Waals surface area (Å²) in [5, 5.41) is 4.60. The second-order valence-corrected chi connectivity index (χ2v) is 8.14. The minimum atomic E-state index is 0.920. The fourth-order valence-electron chi connectivity index (χ4n) is 4.78. The van der Waals surface area contributed by atoms with Crippen LogP contribution in [-0.2, 0) is 0 Å². The molecule has 0 atom stereocenters. The van der Waals surface area contributed by atoms with Gasteiger partial charge in [0.15, 0.2) is 0 Å². The largest absolute Gasteiger partial charge is 0.455 e. The summed E-state index contributed by atoms with van der Waals surface area (Å²) in [7, 11) is 0. The van der Waals surface area contributed by atoms with Gasteiger partial charge in [-0.1, -0.05) is 97.1 Å². The Kier molecular flexibility index (Phi) is 3.58. The van der Waals surface area contributed by atoms with Crippen LogP contribution in [-0.4, -0.2) is 0 Å². The van der Waals surface area contributed by atoms with E-state index in [0.29, 0.717) is 0 Å². The molecule has 0 unspecified atom stereocenters. The lowest BCUT2D eigenvalue weighted by Gasteiger charge is -2.06. The first-order valence-electron chi connectivity index (χ1n) is 10.8. The Morgan fingerprint density at radius 1 is 0.344 bits per heavy atom. The maximum Gasteiger partial charge on any atom is 0.143 e. The van der Waals surface area contributed by atoms with Gasteiger partial charge in [-0.2, -0.15) is 0 Å². The zero-order chi connectivity index (χ0) is 21.1. The molecule has 0 saturated heterocycles. The molecule has 2 heteroatoms. The average molecular weight is 410 g/mol. The van der Waals surface area contributed by atoms with Crippen LogP contribution in [0.1, 0.15) is 0 Å². The molecule has 5 aromatic carbocycles. The lowest BCUT2D eigenvalue weighted by molar-refractivity contribution is 0.669. The van der Waals surface area contributed by atoms with Crippen molar-refractivity contribution in [1.29, 1.82) is 0 Å². The minimum absolute atomic E-state index is 0.920. The highest BCUT2D eigenvalue weighted by molar-refractivity contribution is 6.10. The average Bonchev–Trinajstić information content (AvgIpc) is 3.42. The van der Waals surface area contributed by atoms with Gasteiger partial charge < -0.3 is 8.83 Å². The Morgan fingerprint density at radius 3 is 1.22 bits per heavy atom. The Morgan fingerprint density at radius 2 is 0.750 bits per heavy atom. The van der Waals surface area contributed by atoms with E-state index in [1.807, 2.05) is 24.3 Å². The van der Waals surface area contributed by atoms with Crippen molar-refractivity contribution in [3.05, 3.63) is 109 Å². The summed E-state index contributed by atoms with van der Waals surface area (Å²) in [5.41, 5.74) is 8.18. The zero-order valence-electron chi connectivity index (χ0n) is 17.2. The smallest absolute Gasteiger partial charge is 0.143 e. The topological polar surface area (TPSA) is 26.3 Å². The van der Waals surface area contributed by atoms with E-state index in [2.05, 4.69) is 84.9 Å². The van der Waals surface area contributed by atoms with Gasteiger partial charge in [-0.3, -0.25) is 0 Å². The van der Waals surface area contributed by atoms with Crippen molar-refractivity contribution in [2.24, 2.45) is 0 Å². The van der Waals surface area contributed by atoms with Crippen LogP contribution in [0.3, 0.4) is 0 Å². The number of fused-ring (bicyclic) bond motifs is 6. The molecule has 2 heterocycles. The summed E-state index contributed by atoms with van der Waals surface area (Å²) in [6, 6.07) is 37.8. The van der Waals surface area contributed by atoms with E-state index in [4.69, 9.17) is 8.83 Å². The maximum absolute atomic E-state index is 6.23. The highest BCUT2D eigenvalue weighted by atomic mass is 16.3. The molecule has 0 radical (unpaired) electrons. The van der Waals surface area contributed by atoms with Crippen molar-refractivity contribution in [3.63, 3.8) is 0 Å². The fourth-order valence-corrected chi connectivity index (χ4v) is 4.78. The van der Waals surface area contributed by atoms with Gasteiger partial charge in [0, 0.05) is 32.7 Å². The first-order chi connectivity index (χ1) is 15.9. The highest BCUT2D eigenvalue weighted by Crippen LogP contribution is 2.38. The van der Waals surface area contributed by atoms with Crippen molar-refractivity contribution in [1.82, 2.24) is 0 Å². The van der Waals surface area contributed by atoms with Gasteiger partial charge in [-0.15, -0.1) is 0 Å². The molecule has 0 saturated carbocycles. The molecule has 2 aromatic heterocycles. The number of hydrogen-bond donors (Lipinski definition) is 0. The summed E-state index contributed by atoms with van der Waals surface area (Å²) in [5.74, 6) is 0. The molecule has 7 rings (SSSR count). The molecule has 0 aliphatic heterocycles. The molecule has 0 amide bonds. The minimum Gasteiger partial charge on any atom is -0.455 e. The summed E-state index contributed by atoms with van der Waals surface area (Å²) < 4.78 is 12.5. The molecule has 0 spiro atoms. The summed E-state index contributed by atoms with van der Waals surface area (Å²) >= 11 is 0. The molecule has 150 valence electrons. The molecule has 7 aromatic rings. The van der Waals surface area contributed by atoms with Crippen LogP contribution < -0.4 is 0 Å². The Labute approximate surface area is 184 Å². The van der Waals surface area contributed by atoms with Gasteiger partial charge >= 0.3 is 0 Å². The first-order valence-corrected chi connectivity index (χ1v) is 10.8. The highest BCUT2D eigenvalue weighted by Gasteiger charge is 2.14. The predicted molar refractivity (Wildman–Crippen MR) is 132 cm³/mol. The van der Waals surface area contributed by atoms with Crippen LogP contribution in [0.25, 0.3) is 66.1 Å². The molecule has 32 heavy (non-hydrogen) atoms. The molecule has 0 aliphatic carbocycles. The van der Waals surface area contributed by atoms with Gasteiger partial charge in [0.1, 0.15) is 22.3 Å². The van der Waals surface area contributed by atoms with E-state index in [1.54, 1.807) is 0 Å². The monoisotopic (exact) mass is 410 g/mol. The predicted octanol–water partition coefficient (Wildman–Crippen LogP) is 8.82. The van der Waals surface area contributed by atoms with Crippen molar-refractivity contribution in [2.45, 2.75) is 0 Å². The maximum atomic E-state index is 6.23. The Hall–Kier alpha value is -4.30. The summed E-state index contributed by atoms with van der Waals surface area (Å²) in [6.07, 6.45) is 0. The van der Waals surface area contributed by atoms with E-state index in [9.17, 15) is 0 Å². The van der Waals surface area contributed by atoms with E-state index in [-0.39, 0.29) is 0 Å². The summed E-state index contributed by atoms with van der Waals surface area (Å²) in [6.45, 7) is 0. The van der Waals surface area contributed by atoms with Gasteiger partial charge in [0.05, 0.1) is 0 Å². The molecule has 2 nitrogen and oxygen atoms in total. The van der Waals surface area contributed by atoms with E-state index < -0.39 is 0 Å². The van der Waals surface area contributed by atoms with E-state index >= 15 is 0 Å². The standard InChI is InChI=1S/C30H18O2/c1-3-13-27-23(7-1)25-11-5-9-21(29(25)31-27)19-15-17-20(18-16-19)22-10-6-12-26-24-8-2-4-14-28(24)32-30(22)26/h1-18H. The van der Waals surface area contributed by atoms with Gasteiger partial charge in [-0.25, -0.2) is 0 Å². The third kappa shape index (κ3) is 2.47. The van der Waals surface area contributed by atoms with Crippen molar-refractivity contribution < 1.29 is 8.83 Å². The third-order valence-electron chi connectivity index (χ3n) is 6.32. The van der Waals surface area contributed by atoms with E-state index in [0.717, 1.165) is 66.1 Å². The Balaban J connectivity index is 1.38. The molecule has 0 aliphatic rings. The van der Waals surface area contributed by atoms with E-state index in [1.165, 1.54) is 0 Å². The number of benzene rings is 5. The van der Waals surface area contributed by atoms with Gasteiger partial charge in [-0.05, 0) is 23.3 Å². The molecule has 0 bridgehead atoms. The zero-order valence-corrected chi connectivity index (χ0v) is 17.2. The lowest BCUT2D eigenvalue weighted by Crippen LogP contribution is -1.82. The van der Waals surface area contributed by atoms with Crippen LogP contribution in [0.5, 0.6) is 0 Å². The number of furan rings is 2. The second kappa shape index (κ2) is 6.60. The Bertz CT molecular complexity index is 1630. The molecular weight excluding hydrogens is 392 g/mol. The third-order valence-corrected chi connectivity index (χ3v) is 6.32. The van der Waals surface area contributed by atoms with Crippen molar-refractivity contribution in [2.75, 3.05) is 0 Å². The quantitative estimate of drug-likeness (QED) is 0.284. The van der Waals surface area contributed by atoms with Crippen LogP contribution >= 0.6 is 0 Å². The summed E-state index contributed by atoms with van der Waals surface area (Å²) in [4.78, 5) is 0. The normalized spacial score (nSPS) is 11.8. The number of hydrogen-bond acceptors (Lipinski definition) is 2. The second-order valence-electron chi connectivity index (χ2n) is 8.14. The number of rotatable bonds is 2. The van der Waals surface area contributed by atoms with Gasteiger partial charge in [0.2, 0.25) is 0 Å².